The predicted octanol–water partition coefficient (Wildman–Crippen LogP) is 2.84. The van der Waals surface area contributed by atoms with Crippen LogP contribution in [0, 0.1) is 0 Å². The van der Waals surface area contributed by atoms with E-state index in [4.69, 9.17) is 4.55 Å². The maximum absolute atomic E-state index is 11.4. The van der Waals surface area contributed by atoms with Crippen LogP contribution in [-0.4, -0.2) is 32.0 Å². The number of hydrogen-bond acceptors (Lipinski definition) is 4. The van der Waals surface area contributed by atoms with Gasteiger partial charge in [0.2, 0.25) is 5.91 Å². The lowest BCUT2D eigenvalue weighted by Crippen LogP contribution is -2.27. The molecule has 126 valence electrons. The second-order valence-corrected chi connectivity index (χ2v) is 6.27. The van der Waals surface area contributed by atoms with Gasteiger partial charge in [0.15, 0.2) is 0 Å². The SMILES string of the molecule is CCCCCCCCCCCC(=O)NCCOS(=O)(=O)O. The summed E-state index contributed by atoms with van der Waals surface area (Å²) in [7, 11) is -4.41. The van der Waals surface area contributed by atoms with Gasteiger partial charge in [-0.15, -0.1) is 0 Å². The van der Waals surface area contributed by atoms with Crippen LogP contribution in [0.25, 0.3) is 0 Å². The van der Waals surface area contributed by atoms with Gasteiger partial charge in [-0.1, -0.05) is 58.3 Å². The molecule has 0 aromatic heterocycles. The quantitative estimate of drug-likeness (QED) is 0.379. The largest absolute Gasteiger partial charge is 0.397 e. The van der Waals surface area contributed by atoms with E-state index in [0.717, 1.165) is 19.3 Å². The van der Waals surface area contributed by atoms with E-state index < -0.39 is 10.4 Å². The molecule has 0 saturated heterocycles. The smallest absolute Gasteiger partial charge is 0.354 e. The summed E-state index contributed by atoms with van der Waals surface area (Å²) in [5, 5.41) is 2.54. The highest BCUT2D eigenvalue weighted by molar-refractivity contribution is 7.80. The highest BCUT2D eigenvalue weighted by Gasteiger charge is 2.05. The summed E-state index contributed by atoms with van der Waals surface area (Å²) < 4.78 is 32.9. The van der Waals surface area contributed by atoms with Crippen molar-refractivity contribution in [3.63, 3.8) is 0 Å². The molecule has 0 atom stereocenters. The number of rotatable bonds is 14. The topological polar surface area (TPSA) is 92.7 Å². The van der Waals surface area contributed by atoms with Crippen LogP contribution >= 0.6 is 0 Å². The van der Waals surface area contributed by atoms with Crippen molar-refractivity contribution in [1.29, 1.82) is 0 Å². The van der Waals surface area contributed by atoms with Gasteiger partial charge in [-0.3, -0.25) is 9.35 Å². The van der Waals surface area contributed by atoms with Crippen molar-refractivity contribution in [2.45, 2.75) is 71.1 Å². The average molecular weight is 323 g/mol. The van der Waals surface area contributed by atoms with Crippen molar-refractivity contribution in [3.8, 4) is 0 Å². The van der Waals surface area contributed by atoms with Crippen LogP contribution in [0.5, 0.6) is 0 Å². The van der Waals surface area contributed by atoms with E-state index in [2.05, 4.69) is 16.4 Å². The molecule has 0 fully saturated rings. The molecular weight excluding hydrogens is 294 g/mol. The van der Waals surface area contributed by atoms with E-state index in [9.17, 15) is 13.2 Å². The summed E-state index contributed by atoms with van der Waals surface area (Å²) >= 11 is 0. The minimum atomic E-state index is -4.41. The molecule has 0 rings (SSSR count). The van der Waals surface area contributed by atoms with Gasteiger partial charge in [0.1, 0.15) is 0 Å². The highest BCUT2D eigenvalue weighted by Crippen LogP contribution is 2.10. The molecule has 0 radical (unpaired) electrons. The van der Waals surface area contributed by atoms with Crippen molar-refractivity contribution in [3.05, 3.63) is 0 Å². The van der Waals surface area contributed by atoms with Crippen molar-refractivity contribution in [2.24, 2.45) is 0 Å². The van der Waals surface area contributed by atoms with Gasteiger partial charge in [0.25, 0.3) is 0 Å². The Morgan fingerprint density at radius 1 is 1.00 bits per heavy atom. The van der Waals surface area contributed by atoms with Crippen molar-refractivity contribution in [1.82, 2.24) is 5.32 Å². The molecule has 21 heavy (non-hydrogen) atoms. The van der Waals surface area contributed by atoms with Gasteiger partial charge in [0, 0.05) is 13.0 Å². The third-order valence-corrected chi connectivity index (χ3v) is 3.63. The van der Waals surface area contributed by atoms with Crippen LogP contribution in [-0.2, 0) is 19.4 Å². The number of nitrogens with one attached hydrogen (secondary N) is 1. The van der Waals surface area contributed by atoms with Crippen LogP contribution in [0.1, 0.15) is 71.1 Å². The Morgan fingerprint density at radius 2 is 1.52 bits per heavy atom. The Balaban J connectivity index is 3.27. The van der Waals surface area contributed by atoms with Gasteiger partial charge in [-0.05, 0) is 6.42 Å². The first-order chi connectivity index (χ1) is 9.95. The third kappa shape index (κ3) is 17.3. The zero-order valence-electron chi connectivity index (χ0n) is 13.0. The molecule has 0 aliphatic carbocycles. The molecule has 0 aliphatic rings. The summed E-state index contributed by atoms with van der Waals surface area (Å²) in [6.07, 6.45) is 11.2. The van der Waals surface area contributed by atoms with Crippen LogP contribution in [0.3, 0.4) is 0 Å². The van der Waals surface area contributed by atoms with Gasteiger partial charge >= 0.3 is 10.4 Å². The zero-order chi connectivity index (χ0) is 16.0. The maximum Gasteiger partial charge on any atom is 0.397 e. The van der Waals surface area contributed by atoms with Crippen LogP contribution in [0.2, 0.25) is 0 Å². The molecule has 0 aromatic carbocycles. The van der Waals surface area contributed by atoms with E-state index in [1.54, 1.807) is 0 Å². The van der Waals surface area contributed by atoms with E-state index >= 15 is 0 Å². The Morgan fingerprint density at radius 3 is 2.05 bits per heavy atom. The molecule has 0 spiro atoms. The summed E-state index contributed by atoms with van der Waals surface area (Å²) in [6.45, 7) is 2.04. The number of carbonyl (C=O) groups is 1. The number of unbranched alkanes of at least 4 members (excludes halogenated alkanes) is 8. The summed E-state index contributed by atoms with van der Waals surface area (Å²) in [6, 6.07) is 0. The average Bonchev–Trinajstić information content (AvgIpc) is 2.41. The molecule has 2 N–H and O–H groups in total. The van der Waals surface area contributed by atoms with Crippen molar-refractivity contribution < 1.29 is 21.9 Å². The first-order valence-corrected chi connectivity index (χ1v) is 9.20. The molecule has 0 saturated carbocycles. The van der Waals surface area contributed by atoms with E-state index in [1.165, 1.54) is 38.5 Å². The third-order valence-electron chi connectivity index (χ3n) is 3.16. The molecule has 0 unspecified atom stereocenters. The summed E-state index contributed by atoms with van der Waals surface area (Å²) in [4.78, 5) is 11.4. The molecule has 0 bridgehead atoms. The van der Waals surface area contributed by atoms with E-state index in [1.807, 2.05) is 0 Å². The Kier molecular flexibility index (Phi) is 12.6. The standard InChI is InChI=1S/C14H29NO5S/c1-2-3-4-5-6-7-8-9-10-11-14(16)15-12-13-20-21(17,18)19/h2-13H2,1H3,(H,15,16)(H,17,18,19). The lowest BCUT2D eigenvalue weighted by Gasteiger charge is -2.05. The monoisotopic (exact) mass is 323 g/mol. The zero-order valence-corrected chi connectivity index (χ0v) is 13.8. The van der Waals surface area contributed by atoms with Crippen LogP contribution < -0.4 is 5.32 Å². The number of hydrogen-bond donors (Lipinski definition) is 2. The fourth-order valence-electron chi connectivity index (χ4n) is 2.02. The molecule has 0 aliphatic heterocycles. The summed E-state index contributed by atoms with van der Waals surface area (Å²) in [5.74, 6) is -0.114. The second-order valence-electron chi connectivity index (χ2n) is 5.18. The first-order valence-electron chi connectivity index (χ1n) is 7.84. The van der Waals surface area contributed by atoms with Gasteiger partial charge in [-0.2, -0.15) is 8.42 Å². The highest BCUT2D eigenvalue weighted by atomic mass is 32.3. The molecule has 7 heteroatoms. The van der Waals surface area contributed by atoms with Gasteiger partial charge in [0.05, 0.1) is 6.61 Å². The Labute approximate surface area is 128 Å². The molecule has 1 amide bonds. The fraction of sp³-hybridized carbons (Fsp3) is 0.929. The number of amides is 1. The second kappa shape index (κ2) is 13.0. The predicted molar refractivity (Wildman–Crippen MR) is 82.4 cm³/mol. The van der Waals surface area contributed by atoms with E-state index in [0.29, 0.717) is 6.42 Å². The maximum atomic E-state index is 11.4. The van der Waals surface area contributed by atoms with Crippen LogP contribution in [0.4, 0.5) is 0 Å². The molecule has 6 nitrogen and oxygen atoms in total. The molecular formula is C14H29NO5S. The minimum absolute atomic E-state index is 0.0794. The van der Waals surface area contributed by atoms with Gasteiger partial charge < -0.3 is 5.32 Å². The van der Waals surface area contributed by atoms with E-state index in [-0.39, 0.29) is 19.1 Å². The normalized spacial score (nSPS) is 11.5. The Bertz CT molecular complexity index is 356. The molecule has 0 heterocycles. The lowest BCUT2D eigenvalue weighted by molar-refractivity contribution is -0.121. The molecule has 0 aromatic rings. The van der Waals surface area contributed by atoms with Gasteiger partial charge in [-0.25, -0.2) is 4.18 Å². The first kappa shape index (κ1) is 20.3. The van der Waals surface area contributed by atoms with Crippen molar-refractivity contribution >= 4 is 16.3 Å². The Hall–Kier alpha value is -0.660. The number of carbonyl (C=O) groups excluding carboxylic acids is 1. The lowest BCUT2D eigenvalue weighted by atomic mass is 10.1. The van der Waals surface area contributed by atoms with Crippen LogP contribution in [0.15, 0.2) is 0 Å². The van der Waals surface area contributed by atoms with Crippen molar-refractivity contribution in [2.75, 3.05) is 13.2 Å². The minimum Gasteiger partial charge on any atom is -0.354 e. The fourth-order valence-corrected chi connectivity index (χ4v) is 2.32. The summed E-state index contributed by atoms with van der Waals surface area (Å²) in [5.41, 5.74) is 0.